The molecule has 2 aliphatic rings. The summed E-state index contributed by atoms with van der Waals surface area (Å²) in [5.41, 5.74) is 1.67. The van der Waals surface area contributed by atoms with Crippen molar-refractivity contribution in [1.82, 2.24) is 4.90 Å². The summed E-state index contributed by atoms with van der Waals surface area (Å²) in [5, 5.41) is 0. The van der Waals surface area contributed by atoms with Gasteiger partial charge < -0.3 is 4.90 Å². The summed E-state index contributed by atoms with van der Waals surface area (Å²) in [5.74, 6) is -0.117. The number of nitrogens with zero attached hydrogens (tertiary/aromatic N) is 1. The van der Waals surface area contributed by atoms with Gasteiger partial charge in [-0.15, -0.1) is 11.6 Å². The minimum absolute atomic E-state index is 0.0275. The van der Waals surface area contributed by atoms with E-state index in [-0.39, 0.29) is 28.6 Å². The van der Waals surface area contributed by atoms with Gasteiger partial charge in [0.2, 0.25) is 0 Å². The smallest absolute Gasteiger partial charge is 0.254 e. The van der Waals surface area contributed by atoms with Crippen LogP contribution in [0.2, 0.25) is 0 Å². The molecule has 1 saturated heterocycles. The molecule has 1 heterocycles. The predicted octanol–water partition coefficient (Wildman–Crippen LogP) is 5.58. The van der Waals surface area contributed by atoms with E-state index in [1.54, 1.807) is 12.1 Å². The number of amides is 1. The minimum atomic E-state index is -0.327. The number of alkyl halides is 1. The molecule has 0 bridgehead atoms. The Hall–Kier alpha value is -1.87. The third kappa shape index (κ3) is 3.14. The summed E-state index contributed by atoms with van der Waals surface area (Å²) in [6, 6.07) is 16.0. The van der Waals surface area contributed by atoms with E-state index in [1.165, 1.54) is 12.1 Å². The van der Waals surface area contributed by atoms with Crippen LogP contribution in [0.15, 0.2) is 54.6 Å². The molecule has 1 amide bonds. The van der Waals surface area contributed by atoms with Gasteiger partial charge in [0.05, 0.1) is 10.9 Å². The normalized spacial score (nSPS) is 28.5. The van der Waals surface area contributed by atoms with E-state index in [0.29, 0.717) is 12.1 Å². The van der Waals surface area contributed by atoms with Crippen molar-refractivity contribution in [3.63, 3.8) is 0 Å². The molecule has 2 aromatic carbocycles. The average Bonchev–Trinajstić information content (AvgIpc) is 2.67. The molecular formula is C22H23ClFNO. The maximum atomic E-state index is 13.3. The molecule has 0 aromatic heterocycles. The number of carbonyl (C=O) groups excluding carboxylic acids is 1. The molecule has 26 heavy (non-hydrogen) atoms. The SMILES string of the molecule is O=C(c1ccc(F)cc1)N1CC[C@@]2(Cl)CCCC[C@H]2[C@H]1c1ccccc1. The Morgan fingerprint density at radius 1 is 1.04 bits per heavy atom. The number of benzene rings is 2. The molecule has 0 spiro atoms. The first-order chi connectivity index (χ1) is 12.6. The number of halogens is 2. The second-order valence-electron chi connectivity index (χ2n) is 7.50. The maximum absolute atomic E-state index is 13.3. The third-order valence-corrected chi connectivity index (χ3v) is 6.66. The van der Waals surface area contributed by atoms with E-state index < -0.39 is 0 Å². The summed E-state index contributed by atoms with van der Waals surface area (Å²) >= 11 is 7.07. The van der Waals surface area contributed by atoms with Gasteiger partial charge in [0, 0.05) is 18.0 Å². The fourth-order valence-corrected chi connectivity index (χ4v) is 5.14. The number of hydrogen-bond acceptors (Lipinski definition) is 1. The lowest BCUT2D eigenvalue weighted by molar-refractivity contribution is 0.0279. The molecule has 2 fully saturated rings. The van der Waals surface area contributed by atoms with Crippen LogP contribution in [0.4, 0.5) is 4.39 Å². The molecule has 2 aromatic rings. The van der Waals surface area contributed by atoms with Gasteiger partial charge in [-0.3, -0.25) is 4.79 Å². The summed E-state index contributed by atoms with van der Waals surface area (Å²) in [6.45, 7) is 0.635. The molecule has 0 unspecified atom stereocenters. The number of rotatable bonds is 2. The second kappa shape index (κ2) is 7.03. The first kappa shape index (κ1) is 17.5. The highest BCUT2D eigenvalue weighted by Crippen LogP contribution is 2.52. The molecule has 1 aliphatic carbocycles. The van der Waals surface area contributed by atoms with Crippen LogP contribution in [-0.4, -0.2) is 22.2 Å². The Morgan fingerprint density at radius 2 is 1.77 bits per heavy atom. The van der Waals surface area contributed by atoms with Gasteiger partial charge in [0.25, 0.3) is 5.91 Å². The van der Waals surface area contributed by atoms with Gasteiger partial charge in [0.15, 0.2) is 0 Å². The van der Waals surface area contributed by atoms with Gasteiger partial charge >= 0.3 is 0 Å². The zero-order valence-corrected chi connectivity index (χ0v) is 15.5. The van der Waals surface area contributed by atoms with Gasteiger partial charge in [-0.1, -0.05) is 43.2 Å². The molecule has 0 N–H and O–H groups in total. The number of likely N-dealkylation sites (tertiary alicyclic amines) is 1. The van der Waals surface area contributed by atoms with Gasteiger partial charge in [0.1, 0.15) is 5.82 Å². The Morgan fingerprint density at radius 3 is 2.50 bits per heavy atom. The largest absolute Gasteiger partial charge is 0.331 e. The van der Waals surface area contributed by atoms with Crippen LogP contribution in [0.25, 0.3) is 0 Å². The van der Waals surface area contributed by atoms with Crippen LogP contribution in [0.3, 0.4) is 0 Å². The fourth-order valence-electron chi connectivity index (χ4n) is 4.69. The molecule has 1 aliphatic heterocycles. The average molecular weight is 372 g/mol. The van der Waals surface area contributed by atoms with Crippen molar-refractivity contribution in [3.8, 4) is 0 Å². The van der Waals surface area contributed by atoms with Crippen molar-refractivity contribution >= 4 is 17.5 Å². The first-order valence-electron chi connectivity index (χ1n) is 9.39. The molecule has 3 atom stereocenters. The van der Waals surface area contributed by atoms with Gasteiger partial charge in [-0.2, -0.15) is 0 Å². The standard InChI is InChI=1S/C22H23ClFNO/c23-22-13-5-4-8-19(22)20(16-6-2-1-3-7-16)25(15-14-22)21(26)17-9-11-18(24)12-10-17/h1-3,6-7,9-12,19-20H,4-5,8,13-15H2/t19-,20+,22-/m0/s1. The van der Waals surface area contributed by atoms with Crippen molar-refractivity contribution < 1.29 is 9.18 Å². The van der Waals surface area contributed by atoms with E-state index in [1.807, 2.05) is 23.1 Å². The number of carbonyl (C=O) groups is 1. The third-order valence-electron chi connectivity index (χ3n) is 6.00. The fraction of sp³-hybridized carbons (Fsp3) is 0.409. The van der Waals surface area contributed by atoms with E-state index in [2.05, 4.69) is 12.1 Å². The maximum Gasteiger partial charge on any atom is 0.254 e. The topological polar surface area (TPSA) is 20.3 Å². The van der Waals surface area contributed by atoms with E-state index in [4.69, 9.17) is 11.6 Å². The molecule has 2 nitrogen and oxygen atoms in total. The van der Waals surface area contributed by atoms with Crippen LogP contribution in [-0.2, 0) is 0 Å². The van der Waals surface area contributed by atoms with Gasteiger partial charge in [-0.25, -0.2) is 4.39 Å². The van der Waals surface area contributed by atoms with Crippen molar-refractivity contribution in [2.24, 2.45) is 5.92 Å². The Kier molecular flexibility index (Phi) is 4.74. The van der Waals surface area contributed by atoms with Crippen LogP contribution in [0.1, 0.15) is 54.1 Å². The first-order valence-corrected chi connectivity index (χ1v) is 9.77. The van der Waals surface area contributed by atoms with Crippen molar-refractivity contribution in [3.05, 3.63) is 71.5 Å². The Bertz CT molecular complexity index is 778. The number of fused-ring (bicyclic) bond motifs is 1. The van der Waals surface area contributed by atoms with Crippen LogP contribution in [0.5, 0.6) is 0 Å². The quantitative estimate of drug-likeness (QED) is 0.631. The van der Waals surface area contributed by atoms with E-state index >= 15 is 0 Å². The number of hydrogen-bond donors (Lipinski definition) is 0. The van der Waals surface area contributed by atoms with E-state index in [9.17, 15) is 9.18 Å². The highest BCUT2D eigenvalue weighted by molar-refractivity contribution is 6.24. The molecule has 0 radical (unpaired) electrons. The summed E-state index contributed by atoms with van der Waals surface area (Å²) in [7, 11) is 0. The zero-order valence-electron chi connectivity index (χ0n) is 14.7. The zero-order chi connectivity index (χ0) is 18.1. The van der Waals surface area contributed by atoms with Crippen molar-refractivity contribution in [2.45, 2.75) is 43.0 Å². The van der Waals surface area contributed by atoms with Crippen molar-refractivity contribution in [1.29, 1.82) is 0 Å². The molecule has 1 saturated carbocycles. The minimum Gasteiger partial charge on any atom is -0.331 e. The highest BCUT2D eigenvalue weighted by Gasteiger charge is 2.50. The molecule has 4 heteroatoms. The summed E-state index contributed by atoms with van der Waals surface area (Å²) in [6.07, 6.45) is 5.18. The van der Waals surface area contributed by atoms with Crippen LogP contribution < -0.4 is 0 Å². The van der Waals surface area contributed by atoms with Crippen LogP contribution >= 0.6 is 11.6 Å². The lowest BCUT2D eigenvalue weighted by Crippen LogP contribution is -2.53. The van der Waals surface area contributed by atoms with E-state index in [0.717, 1.165) is 37.7 Å². The lowest BCUT2D eigenvalue weighted by atomic mass is 9.68. The lowest BCUT2D eigenvalue weighted by Gasteiger charge is -2.52. The van der Waals surface area contributed by atoms with Crippen LogP contribution in [0, 0.1) is 11.7 Å². The molecule has 4 rings (SSSR count). The number of piperidine rings is 1. The van der Waals surface area contributed by atoms with Crippen molar-refractivity contribution in [2.75, 3.05) is 6.54 Å². The molecular weight excluding hydrogens is 349 g/mol. The predicted molar refractivity (Wildman–Crippen MR) is 102 cm³/mol. The Balaban J connectivity index is 1.72. The Labute approximate surface area is 159 Å². The van der Waals surface area contributed by atoms with Gasteiger partial charge in [-0.05, 0) is 49.1 Å². The summed E-state index contributed by atoms with van der Waals surface area (Å²) in [4.78, 5) is 15.0. The monoisotopic (exact) mass is 371 g/mol. The summed E-state index contributed by atoms with van der Waals surface area (Å²) < 4.78 is 13.3. The second-order valence-corrected chi connectivity index (χ2v) is 8.25. The highest BCUT2D eigenvalue weighted by atomic mass is 35.5. The molecule has 136 valence electrons.